The van der Waals surface area contributed by atoms with Crippen molar-refractivity contribution in [2.45, 2.75) is 4.83 Å². The molecule has 0 saturated heterocycles. The number of fused-ring (bicyclic) bond motifs is 1. The van der Waals surface area contributed by atoms with Crippen LogP contribution in [0, 0.1) is 2.88 Å². The van der Waals surface area contributed by atoms with E-state index in [0.717, 1.165) is 0 Å². The van der Waals surface area contributed by atoms with E-state index in [-0.39, 0.29) is 4.83 Å². The van der Waals surface area contributed by atoms with Gasteiger partial charge in [-0.2, -0.15) is 0 Å². The predicted molar refractivity (Wildman–Crippen MR) is 91.8 cm³/mol. The molecule has 3 heteroatoms. The van der Waals surface area contributed by atoms with E-state index >= 15 is 0 Å². The Morgan fingerprint density at radius 3 is 2.61 bits per heavy atom. The van der Waals surface area contributed by atoms with Gasteiger partial charge in [0.1, 0.15) is 0 Å². The maximum absolute atomic E-state index is 3.83. The van der Waals surface area contributed by atoms with Gasteiger partial charge in [-0.15, -0.1) is 11.3 Å². The van der Waals surface area contributed by atoms with Crippen LogP contribution in [0.4, 0.5) is 0 Å². The minimum atomic E-state index is 0.267. The molecular formula is C15H10BrIS. The van der Waals surface area contributed by atoms with Gasteiger partial charge in [0.25, 0.3) is 0 Å². The third kappa shape index (κ3) is 2.36. The summed E-state index contributed by atoms with van der Waals surface area (Å²) < 4.78 is 1.33. The third-order valence-electron chi connectivity index (χ3n) is 2.98. The summed E-state index contributed by atoms with van der Waals surface area (Å²) in [6.07, 6.45) is 0. The molecule has 0 N–H and O–H groups in total. The highest BCUT2D eigenvalue weighted by molar-refractivity contribution is 14.1. The number of alkyl halides is 1. The van der Waals surface area contributed by atoms with Crippen molar-refractivity contribution in [1.29, 1.82) is 0 Å². The molecule has 1 atom stereocenters. The Hall–Kier alpha value is -0.390. The largest absolute Gasteiger partial charge is 0.137 e. The van der Waals surface area contributed by atoms with E-state index in [1.54, 1.807) is 11.3 Å². The molecule has 3 aromatic rings. The molecule has 0 amide bonds. The average molecular weight is 429 g/mol. The fourth-order valence-electron chi connectivity index (χ4n) is 2.11. The Morgan fingerprint density at radius 2 is 1.83 bits per heavy atom. The minimum absolute atomic E-state index is 0.267. The second-order valence-corrected chi connectivity index (χ2v) is 7.84. The molecule has 0 aliphatic rings. The summed E-state index contributed by atoms with van der Waals surface area (Å²) in [5, 5.41) is 4.84. The van der Waals surface area contributed by atoms with Crippen LogP contribution in [0.15, 0.2) is 53.9 Å². The van der Waals surface area contributed by atoms with Crippen LogP contribution in [0.3, 0.4) is 0 Å². The Bertz CT molecular complexity index is 684. The molecule has 18 heavy (non-hydrogen) atoms. The molecule has 0 nitrogen and oxygen atoms in total. The van der Waals surface area contributed by atoms with Crippen molar-refractivity contribution in [1.82, 2.24) is 0 Å². The van der Waals surface area contributed by atoms with E-state index in [9.17, 15) is 0 Å². The zero-order valence-corrected chi connectivity index (χ0v) is 14.0. The first-order chi connectivity index (χ1) is 8.75. The van der Waals surface area contributed by atoms with Gasteiger partial charge in [-0.3, -0.25) is 0 Å². The standard InChI is InChI=1S/C15H10BrIS/c16-15(11-8-14(17)18-9-11)13-7-3-5-10-4-1-2-6-12(10)13/h1-9,15H. The second kappa shape index (κ2) is 5.31. The van der Waals surface area contributed by atoms with Crippen molar-refractivity contribution in [3.8, 4) is 0 Å². The first-order valence-electron chi connectivity index (χ1n) is 5.61. The van der Waals surface area contributed by atoms with Gasteiger partial charge in [-0.1, -0.05) is 58.4 Å². The summed E-state index contributed by atoms with van der Waals surface area (Å²) in [6, 6.07) is 17.3. The van der Waals surface area contributed by atoms with Crippen LogP contribution < -0.4 is 0 Å². The molecule has 0 bridgehead atoms. The van der Waals surface area contributed by atoms with E-state index in [2.05, 4.69) is 92.4 Å². The quantitative estimate of drug-likeness (QED) is 0.347. The van der Waals surface area contributed by atoms with Crippen molar-refractivity contribution >= 4 is 60.6 Å². The highest BCUT2D eigenvalue weighted by atomic mass is 127. The Kier molecular flexibility index (Phi) is 3.73. The zero-order valence-electron chi connectivity index (χ0n) is 9.44. The molecule has 90 valence electrons. The Balaban J connectivity index is 2.14. The van der Waals surface area contributed by atoms with Crippen molar-refractivity contribution in [3.63, 3.8) is 0 Å². The molecule has 1 aromatic heterocycles. The topological polar surface area (TPSA) is 0 Å². The zero-order chi connectivity index (χ0) is 12.5. The molecule has 0 radical (unpaired) electrons. The van der Waals surface area contributed by atoms with Gasteiger partial charge >= 0.3 is 0 Å². The van der Waals surface area contributed by atoms with E-state index in [1.165, 1.54) is 24.8 Å². The van der Waals surface area contributed by atoms with Crippen LogP contribution in [0.1, 0.15) is 16.0 Å². The van der Waals surface area contributed by atoms with Gasteiger partial charge in [0.05, 0.1) is 7.71 Å². The molecule has 0 spiro atoms. The molecular weight excluding hydrogens is 419 g/mol. The smallest absolute Gasteiger partial charge is 0.0659 e. The van der Waals surface area contributed by atoms with Crippen molar-refractivity contribution < 1.29 is 0 Å². The van der Waals surface area contributed by atoms with Crippen LogP contribution in [-0.4, -0.2) is 0 Å². The van der Waals surface area contributed by atoms with Crippen LogP contribution in [0.5, 0.6) is 0 Å². The molecule has 1 unspecified atom stereocenters. The highest BCUT2D eigenvalue weighted by Gasteiger charge is 2.14. The van der Waals surface area contributed by atoms with Crippen LogP contribution in [0.2, 0.25) is 0 Å². The van der Waals surface area contributed by atoms with Gasteiger partial charge in [0.15, 0.2) is 0 Å². The average Bonchev–Trinajstić information content (AvgIpc) is 2.84. The van der Waals surface area contributed by atoms with Crippen molar-refractivity contribution in [2.75, 3.05) is 0 Å². The lowest BCUT2D eigenvalue weighted by molar-refractivity contribution is 1.22. The number of thiophene rings is 1. The number of rotatable bonds is 2. The van der Waals surface area contributed by atoms with E-state index in [1.807, 2.05) is 0 Å². The van der Waals surface area contributed by atoms with Gasteiger partial charge in [0, 0.05) is 0 Å². The summed E-state index contributed by atoms with van der Waals surface area (Å²) in [5.74, 6) is 0. The Morgan fingerprint density at radius 1 is 1.06 bits per heavy atom. The summed E-state index contributed by atoms with van der Waals surface area (Å²) >= 11 is 7.99. The third-order valence-corrected chi connectivity index (χ3v) is 5.81. The maximum atomic E-state index is 3.83. The molecule has 0 fully saturated rings. The van der Waals surface area contributed by atoms with Crippen molar-refractivity contribution in [2.24, 2.45) is 0 Å². The number of hydrogen-bond acceptors (Lipinski definition) is 1. The number of benzene rings is 2. The lowest BCUT2D eigenvalue weighted by atomic mass is 10.00. The van der Waals surface area contributed by atoms with E-state index < -0.39 is 0 Å². The number of hydrogen-bond donors (Lipinski definition) is 0. The summed E-state index contributed by atoms with van der Waals surface area (Å²) in [6.45, 7) is 0. The number of halogens is 2. The molecule has 2 aromatic carbocycles. The summed E-state index contributed by atoms with van der Waals surface area (Å²) in [4.78, 5) is 0.267. The molecule has 0 aliphatic heterocycles. The van der Waals surface area contributed by atoms with E-state index in [0.29, 0.717) is 0 Å². The maximum Gasteiger partial charge on any atom is 0.0659 e. The normalized spacial score (nSPS) is 12.8. The SMILES string of the molecule is BrC(c1csc(I)c1)c1cccc2ccccc12. The van der Waals surface area contributed by atoms with Gasteiger partial charge in [-0.25, -0.2) is 0 Å². The fourth-order valence-corrected chi connectivity index (χ4v) is 4.34. The van der Waals surface area contributed by atoms with Gasteiger partial charge in [0.2, 0.25) is 0 Å². The van der Waals surface area contributed by atoms with Crippen LogP contribution >= 0.6 is 49.9 Å². The van der Waals surface area contributed by atoms with Gasteiger partial charge in [-0.05, 0) is 55.9 Å². The summed E-state index contributed by atoms with van der Waals surface area (Å²) in [7, 11) is 0. The molecule has 3 rings (SSSR count). The van der Waals surface area contributed by atoms with E-state index in [4.69, 9.17) is 0 Å². The van der Waals surface area contributed by atoms with Crippen LogP contribution in [0.25, 0.3) is 10.8 Å². The lowest BCUT2D eigenvalue weighted by Crippen LogP contribution is -1.92. The second-order valence-electron chi connectivity index (χ2n) is 4.12. The summed E-state index contributed by atoms with van der Waals surface area (Å²) in [5.41, 5.74) is 2.67. The highest BCUT2D eigenvalue weighted by Crippen LogP contribution is 2.37. The van der Waals surface area contributed by atoms with Gasteiger partial charge < -0.3 is 0 Å². The molecule has 0 saturated carbocycles. The Labute approximate surface area is 132 Å². The first kappa shape index (κ1) is 12.6. The molecule has 1 heterocycles. The predicted octanol–water partition coefficient (Wildman–Crippen LogP) is 5.99. The first-order valence-corrected chi connectivity index (χ1v) is 8.49. The molecule has 0 aliphatic carbocycles. The monoisotopic (exact) mass is 428 g/mol. The van der Waals surface area contributed by atoms with Crippen molar-refractivity contribution in [3.05, 3.63) is 67.9 Å². The minimum Gasteiger partial charge on any atom is -0.137 e. The van der Waals surface area contributed by atoms with Crippen LogP contribution in [-0.2, 0) is 0 Å². The fraction of sp³-hybridized carbons (Fsp3) is 0.0667. The lowest BCUT2D eigenvalue weighted by Gasteiger charge is -2.12.